The van der Waals surface area contributed by atoms with Gasteiger partial charge in [-0.15, -0.1) is 0 Å². The minimum Gasteiger partial charge on any atom is -0.395 e. The van der Waals surface area contributed by atoms with Gasteiger partial charge in [0.05, 0.1) is 6.61 Å². The van der Waals surface area contributed by atoms with Gasteiger partial charge in [-0.1, -0.05) is 19.8 Å². The zero-order chi connectivity index (χ0) is 15.5. The van der Waals surface area contributed by atoms with Crippen LogP contribution in [0.15, 0.2) is 11.2 Å². The quantitative estimate of drug-likeness (QED) is 0.828. The lowest BCUT2D eigenvalue weighted by atomic mass is 10.2. The fraction of sp³-hybridized carbons (Fsp3) is 0.786. The van der Waals surface area contributed by atoms with E-state index in [1.807, 2.05) is 18.4 Å². The van der Waals surface area contributed by atoms with E-state index in [1.54, 1.807) is 6.20 Å². The molecule has 0 bridgehead atoms. The van der Waals surface area contributed by atoms with Crippen LogP contribution < -0.4 is 0 Å². The number of aliphatic hydroxyl groups is 1. The number of nitrogens with zero attached hydrogens (tertiary/aromatic N) is 3. The van der Waals surface area contributed by atoms with Gasteiger partial charge in [-0.25, -0.2) is 13.4 Å². The average Bonchev–Trinajstić information content (AvgIpc) is 3.07. The van der Waals surface area contributed by atoms with Crippen molar-refractivity contribution in [1.29, 1.82) is 0 Å². The molecule has 2 rings (SSSR count). The summed E-state index contributed by atoms with van der Waals surface area (Å²) in [5.74, 6) is 0.714. The van der Waals surface area contributed by atoms with Gasteiger partial charge in [0.2, 0.25) is 0 Å². The predicted octanol–water partition coefficient (Wildman–Crippen LogP) is 1.53. The molecule has 0 radical (unpaired) electrons. The number of sulfonamides is 1. The standard InChI is InChI=1S/C14H25N3O3S/c1-3-8-16-11-14(15-12(16)2)21(19,20)17(9-10-18)13-6-4-5-7-13/h11,13,18H,3-10H2,1-2H3. The molecule has 0 spiro atoms. The van der Waals surface area contributed by atoms with Gasteiger partial charge in [-0.2, -0.15) is 4.31 Å². The van der Waals surface area contributed by atoms with Crippen LogP contribution in [0.3, 0.4) is 0 Å². The molecule has 1 aliphatic rings. The van der Waals surface area contributed by atoms with Gasteiger partial charge in [-0.05, 0) is 26.2 Å². The first-order valence-electron chi connectivity index (χ1n) is 7.67. The highest BCUT2D eigenvalue weighted by Crippen LogP contribution is 2.28. The summed E-state index contributed by atoms with van der Waals surface area (Å²) in [6.45, 7) is 4.61. The maximum atomic E-state index is 12.8. The molecule has 1 fully saturated rings. The summed E-state index contributed by atoms with van der Waals surface area (Å²) in [6, 6.07) is -0.00113. The Balaban J connectivity index is 2.31. The van der Waals surface area contributed by atoms with Gasteiger partial charge in [0.1, 0.15) is 5.82 Å². The van der Waals surface area contributed by atoms with Crippen LogP contribution in [0, 0.1) is 6.92 Å². The Morgan fingerprint density at radius 3 is 2.67 bits per heavy atom. The smallest absolute Gasteiger partial charge is 0.262 e. The maximum absolute atomic E-state index is 12.8. The Morgan fingerprint density at radius 2 is 2.10 bits per heavy atom. The second kappa shape index (κ2) is 6.89. The number of hydrogen-bond donors (Lipinski definition) is 1. The topological polar surface area (TPSA) is 75.4 Å². The van der Waals surface area contributed by atoms with E-state index >= 15 is 0 Å². The Bertz CT molecular complexity index is 562. The minimum atomic E-state index is -3.63. The summed E-state index contributed by atoms with van der Waals surface area (Å²) in [6.07, 6.45) is 6.38. The van der Waals surface area contributed by atoms with E-state index in [-0.39, 0.29) is 24.2 Å². The molecule has 0 aromatic carbocycles. The molecule has 120 valence electrons. The third-order valence-electron chi connectivity index (χ3n) is 4.04. The molecule has 1 aromatic rings. The zero-order valence-electron chi connectivity index (χ0n) is 12.8. The lowest BCUT2D eigenvalue weighted by Crippen LogP contribution is -2.40. The molecule has 1 N–H and O–H groups in total. The van der Waals surface area contributed by atoms with E-state index < -0.39 is 10.0 Å². The highest BCUT2D eigenvalue weighted by Gasteiger charge is 2.34. The summed E-state index contributed by atoms with van der Waals surface area (Å²) in [5.41, 5.74) is 0. The molecule has 7 heteroatoms. The van der Waals surface area contributed by atoms with Crippen molar-refractivity contribution < 1.29 is 13.5 Å². The summed E-state index contributed by atoms with van der Waals surface area (Å²) in [4.78, 5) is 4.23. The van der Waals surface area contributed by atoms with Crippen molar-refractivity contribution >= 4 is 10.0 Å². The predicted molar refractivity (Wildman–Crippen MR) is 80.5 cm³/mol. The number of aliphatic hydroxyl groups excluding tert-OH is 1. The average molecular weight is 315 g/mol. The fourth-order valence-corrected chi connectivity index (χ4v) is 4.65. The van der Waals surface area contributed by atoms with Crippen molar-refractivity contribution in [2.45, 2.75) is 63.6 Å². The monoisotopic (exact) mass is 315 g/mol. The molecule has 1 aliphatic carbocycles. The van der Waals surface area contributed by atoms with Crippen LogP contribution in [-0.2, 0) is 16.6 Å². The SMILES string of the molecule is CCCn1cc(S(=O)(=O)N(CCO)C2CCCC2)nc1C. The van der Waals surface area contributed by atoms with E-state index in [0.717, 1.165) is 38.6 Å². The number of aromatic nitrogens is 2. The summed E-state index contributed by atoms with van der Waals surface area (Å²) in [7, 11) is -3.63. The van der Waals surface area contributed by atoms with Crippen LogP contribution in [0.1, 0.15) is 44.9 Å². The first-order chi connectivity index (χ1) is 10.0. The van der Waals surface area contributed by atoms with Crippen LogP contribution in [0.2, 0.25) is 0 Å². The summed E-state index contributed by atoms with van der Waals surface area (Å²) >= 11 is 0. The molecule has 0 amide bonds. The summed E-state index contributed by atoms with van der Waals surface area (Å²) in [5, 5.41) is 9.32. The highest BCUT2D eigenvalue weighted by atomic mass is 32.2. The Labute approximate surface area is 126 Å². The molecule has 0 saturated heterocycles. The van der Waals surface area contributed by atoms with E-state index in [9.17, 15) is 13.5 Å². The maximum Gasteiger partial charge on any atom is 0.262 e. The van der Waals surface area contributed by atoms with Crippen LogP contribution >= 0.6 is 0 Å². The molecule has 1 heterocycles. The molecule has 1 saturated carbocycles. The lowest BCUT2D eigenvalue weighted by Gasteiger charge is -2.26. The molecule has 6 nitrogen and oxygen atoms in total. The minimum absolute atomic E-state index is 0.00113. The molecular formula is C14H25N3O3S. The molecule has 0 atom stereocenters. The van der Waals surface area contributed by atoms with Crippen LogP contribution in [0.25, 0.3) is 0 Å². The Kier molecular flexibility index (Phi) is 5.40. The van der Waals surface area contributed by atoms with Gasteiger partial charge >= 0.3 is 0 Å². The number of aryl methyl sites for hydroxylation is 2. The molecule has 21 heavy (non-hydrogen) atoms. The third-order valence-corrected chi connectivity index (χ3v) is 5.87. The van der Waals surface area contributed by atoms with Crippen molar-refractivity contribution in [3.63, 3.8) is 0 Å². The van der Waals surface area contributed by atoms with Crippen molar-refractivity contribution in [3.05, 3.63) is 12.0 Å². The molecular weight excluding hydrogens is 290 g/mol. The number of imidazole rings is 1. The largest absolute Gasteiger partial charge is 0.395 e. The van der Waals surface area contributed by atoms with Crippen LogP contribution in [0.4, 0.5) is 0 Å². The van der Waals surface area contributed by atoms with Crippen molar-refractivity contribution in [2.75, 3.05) is 13.2 Å². The number of hydrogen-bond acceptors (Lipinski definition) is 4. The molecule has 1 aromatic heterocycles. The van der Waals surface area contributed by atoms with Gasteiger partial charge < -0.3 is 9.67 Å². The second-order valence-electron chi connectivity index (χ2n) is 5.60. The van der Waals surface area contributed by atoms with Crippen molar-refractivity contribution in [3.8, 4) is 0 Å². The highest BCUT2D eigenvalue weighted by molar-refractivity contribution is 7.89. The lowest BCUT2D eigenvalue weighted by molar-refractivity contribution is 0.226. The zero-order valence-corrected chi connectivity index (χ0v) is 13.6. The van der Waals surface area contributed by atoms with Gasteiger partial charge in [0.15, 0.2) is 5.03 Å². The first kappa shape index (κ1) is 16.5. The van der Waals surface area contributed by atoms with Gasteiger partial charge in [0, 0.05) is 25.3 Å². The van der Waals surface area contributed by atoms with Gasteiger partial charge in [0.25, 0.3) is 10.0 Å². The second-order valence-corrected chi connectivity index (χ2v) is 7.43. The first-order valence-corrected chi connectivity index (χ1v) is 9.11. The van der Waals surface area contributed by atoms with Crippen molar-refractivity contribution in [1.82, 2.24) is 13.9 Å². The van der Waals surface area contributed by atoms with E-state index in [2.05, 4.69) is 4.98 Å². The number of rotatable bonds is 7. The van der Waals surface area contributed by atoms with Crippen LogP contribution in [0.5, 0.6) is 0 Å². The van der Waals surface area contributed by atoms with E-state index in [1.165, 1.54) is 4.31 Å². The van der Waals surface area contributed by atoms with Crippen molar-refractivity contribution in [2.24, 2.45) is 0 Å². The normalized spacial score (nSPS) is 17.0. The summed E-state index contributed by atoms with van der Waals surface area (Å²) < 4.78 is 29.0. The molecule has 0 unspecified atom stereocenters. The van der Waals surface area contributed by atoms with Gasteiger partial charge in [-0.3, -0.25) is 0 Å². The third kappa shape index (κ3) is 3.46. The van der Waals surface area contributed by atoms with Crippen LogP contribution in [-0.4, -0.2) is 46.6 Å². The van der Waals surface area contributed by atoms with E-state index in [4.69, 9.17) is 0 Å². The molecule has 0 aliphatic heterocycles. The Morgan fingerprint density at radius 1 is 1.43 bits per heavy atom. The van der Waals surface area contributed by atoms with E-state index in [0.29, 0.717) is 5.82 Å². The Hall–Kier alpha value is -0.920. The fourth-order valence-electron chi connectivity index (χ4n) is 2.98.